The Balaban J connectivity index is 2.17. The third-order valence-corrected chi connectivity index (χ3v) is 4.80. The van der Waals surface area contributed by atoms with E-state index in [0.29, 0.717) is 0 Å². The fourth-order valence-corrected chi connectivity index (χ4v) is 3.12. The van der Waals surface area contributed by atoms with Crippen molar-refractivity contribution in [3.63, 3.8) is 0 Å². The van der Waals surface area contributed by atoms with Crippen LogP contribution in [0.1, 0.15) is 0 Å². The van der Waals surface area contributed by atoms with Crippen molar-refractivity contribution < 1.29 is 27.3 Å². The van der Waals surface area contributed by atoms with Gasteiger partial charge >= 0.3 is 0 Å². The number of carbonyl (C=O) groups is 1. The lowest BCUT2D eigenvalue weighted by Gasteiger charge is -2.10. The number of anilines is 1. The molecular formula is C15H13FN2O6S. The maximum atomic E-state index is 12.9. The van der Waals surface area contributed by atoms with Gasteiger partial charge in [-0.15, -0.1) is 0 Å². The normalized spacial score (nSPS) is 11.0. The summed E-state index contributed by atoms with van der Waals surface area (Å²) in [6.07, 6.45) is 0. The van der Waals surface area contributed by atoms with Crippen LogP contribution < -0.4 is 10.1 Å². The van der Waals surface area contributed by atoms with Crippen molar-refractivity contribution in [2.45, 2.75) is 4.90 Å². The van der Waals surface area contributed by atoms with Gasteiger partial charge in [-0.3, -0.25) is 14.9 Å². The van der Waals surface area contributed by atoms with Crippen molar-refractivity contribution in [1.29, 1.82) is 0 Å². The number of methoxy groups -OCH3 is 1. The number of amides is 1. The van der Waals surface area contributed by atoms with Gasteiger partial charge in [-0.1, -0.05) is 0 Å². The molecule has 0 aliphatic carbocycles. The Morgan fingerprint density at radius 3 is 2.44 bits per heavy atom. The van der Waals surface area contributed by atoms with Crippen molar-refractivity contribution in [3.8, 4) is 5.75 Å². The molecule has 0 heterocycles. The van der Waals surface area contributed by atoms with Crippen LogP contribution in [0.5, 0.6) is 5.75 Å². The number of hydrogen-bond donors (Lipinski definition) is 1. The first-order valence-electron chi connectivity index (χ1n) is 6.83. The van der Waals surface area contributed by atoms with Gasteiger partial charge in [0.2, 0.25) is 5.91 Å². The van der Waals surface area contributed by atoms with Crippen LogP contribution >= 0.6 is 0 Å². The molecule has 10 heteroatoms. The van der Waals surface area contributed by atoms with Crippen molar-refractivity contribution >= 4 is 27.1 Å². The molecule has 25 heavy (non-hydrogen) atoms. The van der Waals surface area contributed by atoms with Crippen LogP contribution in [0.2, 0.25) is 0 Å². The highest BCUT2D eigenvalue weighted by atomic mass is 32.2. The number of ether oxygens (including phenoxy) is 1. The molecule has 0 saturated carbocycles. The van der Waals surface area contributed by atoms with Crippen LogP contribution in [0.3, 0.4) is 0 Å². The first-order chi connectivity index (χ1) is 11.7. The summed E-state index contributed by atoms with van der Waals surface area (Å²) < 4.78 is 42.1. The molecule has 0 radical (unpaired) electrons. The van der Waals surface area contributed by atoms with Crippen LogP contribution in [-0.2, 0) is 14.6 Å². The van der Waals surface area contributed by atoms with E-state index in [2.05, 4.69) is 5.32 Å². The average molecular weight is 368 g/mol. The van der Waals surface area contributed by atoms with Crippen molar-refractivity contribution in [2.24, 2.45) is 0 Å². The monoisotopic (exact) mass is 368 g/mol. The number of nitrogens with zero attached hydrogens (tertiary/aromatic N) is 1. The number of hydrogen-bond acceptors (Lipinski definition) is 6. The van der Waals surface area contributed by atoms with Gasteiger partial charge in [0.1, 0.15) is 17.3 Å². The molecule has 132 valence electrons. The van der Waals surface area contributed by atoms with Gasteiger partial charge in [-0.25, -0.2) is 12.8 Å². The molecule has 0 fully saturated rings. The van der Waals surface area contributed by atoms with Gasteiger partial charge in [-0.2, -0.15) is 0 Å². The second-order valence-electron chi connectivity index (χ2n) is 4.90. The molecule has 0 saturated heterocycles. The van der Waals surface area contributed by atoms with E-state index in [1.807, 2.05) is 0 Å². The average Bonchev–Trinajstić information content (AvgIpc) is 2.54. The maximum Gasteiger partial charge on any atom is 0.273 e. The summed E-state index contributed by atoms with van der Waals surface area (Å²) in [4.78, 5) is 21.9. The van der Waals surface area contributed by atoms with Crippen LogP contribution in [0.4, 0.5) is 15.8 Å². The van der Waals surface area contributed by atoms with Crippen molar-refractivity contribution in [2.75, 3.05) is 18.2 Å². The topological polar surface area (TPSA) is 116 Å². The third-order valence-electron chi connectivity index (χ3n) is 3.16. The van der Waals surface area contributed by atoms with Gasteiger partial charge in [0.15, 0.2) is 9.84 Å². The van der Waals surface area contributed by atoms with Gasteiger partial charge < -0.3 is 10.1 Å². The van der Waals surface area contributed by atoms with Gasteiger partial charge in [0.05, 0.1) is 28.7 Å². The fourth-order valence-electron chi connectivity index (χ4n) is 1.98. The molecule has 0 aliphatic heterocycles. The molecule has 0 bridgehead atoms. The predicted molar refractivity (Wildman–Crippen MR) is 86.7 cm³/mol. The van der Waals surface area contributed by atoms with E-state index in [-0.39, 0.29) is 22.0 Å². The number of nitrogens with one attached hydrogen (secondary N) is 1. The predicted octanol–water partition coefficient (Wildman–Crippen LogP) is 2.15. The van der Waals surface area contributed by atoms with Gasteiger partial charge in [0, 0.05) is 6.07 Å². The Labute approximate surface area is 142 Å². The molecule has 8 nitrogen and oxygen atoms in total. The zero-order valence-electron chi connectivity index (χ0n) is 12.9. The van der Waals surface area contributed by atoms with Crippen LogP contribution in [0.15, 0.2) is 47.4 Å². The number of sulfone groups is 1. The van der Waals surface area contributed by atoms with Gasteiger partial charge in [-0.05, 0) is 30.3 Å². The number of halogens is 1. The SMILES string of the molecule is COc1cc([N+](=O)[O-])ccc1NC(=O)CS(=O)(=O)c1ccc(F)cc1. The van der Waals surface area contributed by atoms with Crippen LogP contribution in [-0.4, -0.2) is 32.1 Å². The lowest BCUT2D eigenvalue weighted by Crippen LogP contribution is -2.23. The molecule has 2 aromatic carbocycles. The summed E-state index contributed by atoms with van der Waals surface area (Å²) in [7, 11) is -2.71. The molecule has 1 amide bonds. The Kier molecular flexibility index (Phi) is 5.32. The highest BCUT2D eigenvalue weighted by molar-refractivity contribution is 7.92. The highest BCUT2D eigenvalue weighted by Gasteiger charge is 2.21. The van der Waals surface area contributed by atoms with E-state index >= 15 is 0 Å². The van der Waals surface area contributed by atoms with Gasteiger partial charge in [0.25, 0.3) is 5.69 Å². The van der Waals surface area contributed by atoms with E-state index in [4.69, 9.17) is 4.74 Å². The Morgan fingerprint density at radius 1 is 1.24 bits per heavy atom. The minimum atomic E-state index is -3.97. The van der Waals surface area contributed by atoms with E-state index in [0.717, 1.165) is 36.4 Å². The second kappa shape index (κ2) is 7.26. The number of carbonyl (C=O) groups excluding carboxylic acids is 1. The van der Waals surface area contributed by atoms with E-state index in [1.165, 1.54) is 13.2 Å². The molecule has 2 rings (SSSR count). The van der Waals surface area contributed by atoms with Crippen molar-refractivity contribution in [3.05, 3.63) is 58.4 Å². The molecule has 0 unspecified atom stereocenters. The largest absolute Gasteiger partial charge is 0.494 e. The summed E-state index contributed by atoms with van der Waals surface area (Å²) in [6, 6.07) is 7.55. The molecule has 1 N–H and O–H groups in total. The summed E-state index contributed by atoms with van der Waals surface area (Å²) in [5, 5.41) is 13.1. The first-order valence-corrected chi connectivity index (χ1v) is 8.49. The molecule has 0 aromatic heterocycles. The van der Waals surface area contributed by atoms with E-state index in [1.54, 1.807) is 0 Å². The number of rotatable bonds is 6. The quantitative estimate of drug-likeness (QED) is 0.474. The third kappa shape index (κ3) is 4.51. The van der Waals surface area contributed by atoms with E-state index in [9.17, 15) is 27.7 Å². The highest BCUT2D eigenvalue weighted by Crippen LogP contribution is 2.29. The van der Waals surface area contributed by atoms with Crippen molar-refractivity contribution in [1.82, 2.24) is 0 Å². The molecule has 0 atom stereocenters. The second-order valence-corrected chi connectivity index (χ2v) is 6.89. The Bertz CT molecular complexity index is 912. The number of non-ortho nitro benzene ring substituents is 1. The maximum absolute atomic E-state index is 12.9. The molecular weight excluding hydrogens is 355 g/mol. The number of nitro groups is 1. The van der Waals surface area contributed by atoms with Crippen LogP contribution in [0, 0.1) is 15.9 Å². The standard InChI is InChI=1S/C15H13FN2O6S/c1-24-14-8-11(18(20)21)4-7-13(14)17-15(19)9-25(22,23)12-5-2-10(16)3-6-12/h2-8H,9H2,1H3,(H,17,19). The Hall–Kier alpha value is -3.01. The molecule has 0 spiro atoms. The minimum absolute atomic E-state index is 0.0155. The Morgan fingerprint density at radius 2 is 1.88 bits per heavy atom. The lowest BCUT2D eigenvalue weighted by molar-refractivity contribution is -0.384. The summed E-state index contributed by atoms with van der Waals surface area (Å²) in [5.74, 6) is -2.32. The number of benzene rings is 2. The van der Waals surface area contributed by atoms with E-state index < -0.39 is 32.2 Å². The molecule has 0 aliphatic rings. The summed E-state index contributed by atoms with van der Waals surface area (Å²) in [5.41, 5.74) is -0.152. The minimum Gasteiger partial charge on any atom is -0.494 e. The summed E-state index contributed by atoms with van der Waals surface area (Å²) >= 11 is 0. The fraction of sp³-hybridized carbons (Fsp3) is 0.133. The first kappa shape index (κ1) is 18.3. The summed E-state index contributed by atoms with van der Waals surface area (Å²) in [6.45, 7) is 0. The lowest BCUT2D eigenvalue weighted by atomic mass is 10.2. The number of nitro benzene ring substituents is 1. The van der Waals surface area contributed by atoms with Crippen LogP contribution in [0.25, 0.3) is 0 Å². The molecule has 2 aromatic rings. The zero-order valence-corrected chi connectivity index (χ0v) is 13.7. The smallest absolute Gasteiger partial charge is 0.273 e. The zero-order chi connectivity index (χ0) is 18.6.